The minimum absolute atomic E-state index is 0.0456. The van der Waals surface area contributed by atoms with Gasteiger partial charge in [0.25, 0.3) is 0 Å². The lowest BCUT2D eigenvalue weighted by atomic mass is 10.1. The van der Waals surface area contributed by atoms with E-state index >= 15 is 0 Å². The van der Waals surface area contributed by atoms with Gasteiger partial charge in [-0.2, -0.15) is 9.49 Å². The van der Waals surface area contributed by atoms with Gasteiger partial charge in [-0.25, -0.2) is 29.9 Å². The number of hydrogen-bond donors (Lipinski definition) is 0. The third-order valence-corrected chi connectivity index (χ3v) is 5.64. The number of nitrogens with zero attached hydrogens (tertiary/aromatic N) is 10. The predicted octanol–water partition coefficient (Wildman–Crippen LogP) is 1.34. The van der Waals surface area contributed by atoms with Gasteiger partial charge in [0, 0.05) is 70.8 Å². The Hall–Kier alpha value is -4.50. The van der Waals surface area contributed by atoms with Crippen molar-refractivity contribution >= 4 is 11.8 Å². The second-order valence-corrected chi connectivity index (χ2v) is 8.17. The van der Waals surface area contributed by atoms with Crippen LogP contribution in [-0.2, 0) is 11.8 Å². The molecule has 1 atom stereocenters. The Labute approximate surface area is 207 Å². The van der Waals surface area contributed by atoms with E-state index in [-0.39, 0.29) is 6.04 Å². The van der Waals surface area contributed by atoms with Gasteiger partial charge in [0.05, 0.1) is 35.5 Å². The van der Waals surface area contributed by atoms with Crippen LogP contribution < -0.4 is 9.80 Å². The second-order valence-electron chi connectivity index (χ2n) is 8.17. The Morgan fingerprint density at radius 3 is 2.33 bits per heavy atom. The van der Waals surface area contributed by atoms with Crippen LogP contribution in [0.3, 0.4) is 0 Å². The van der Waals surface area contributed by atoms with Gasteiger partial charge in [-0.1, -0.05) is 11.8 Å². The number of rotatable bonds is 5. The molecule has 0 N–H and O–H groups in total. The fraction of sp³-hybridized carbons (Fsp3) is 0.292. The summed E-state index contributed by atoms with van der Waals surface area (Å²) in [5, 5.41) is 4.13. The van der Waals surface area contributed by atoms with Gasteiger partial charge < -0.3 is 14.5 Å². The van der Waals surface area contributed by atoms with Crippen LogP contribution >= 0.6 is 0 Å². The van der Waals surface area contributed by atoms with Gasteiger partial charge in [0.1, 0.15) is 12.1 Å². The van der Waals surface area contributed by atoms with Crippen LogP contribution in [0.1, 0.15) is 11.1 Å². The lowest BCUT2D eigenvalue weighted by Gasteiger charge is -2.41. The maximum absolute atomic E-state index is 13.6. The quantitative estimate of drug-likeness (QED) is 0.303. The molecular formula is C24H23FN10O. The van der Waals surface area contributed by atoms with Crippen molar-refractivity contribution in [2.24, 2.45) is 7.05 Å². The normalized spacial score (nSPS) is 15.5. The van der Waals surface area contributed by atoms with E-state index in [1.807, 2.05) is 18.1 Å². The molecule has 4 aromatic heterocycles. The Morgan fingerprint density at radius 1 is 0.972 bits per heavy atom. The van der Waals surface area contributed by atoms with Crippen LogP contribution in [0.15, 0.2) is 49.6 Å². The average molecular weight is 487 g/mol. The van der Waals surface area contributed by atoms with E-state index in [1.54, 1.807) is 42.8 Å². The van der Waals surface area contributed by atoms with Crippen molar-refractivity contribution in [3.63, 3.8) is 0 Å². The molecule has 0 aromatic carbocycles. The number of halogens is 1. The first-order chi connectivity index (χ1) is 17.6. The molecule has 4 aromatic rings. The average Bonchev–Trinajstić information content (AvgIpc) is 3.34. The molecule has 11 nitrogen and oxygen atoms in total. The summed E-state index contributed by atoms with van der Waals surface area (Å²) in [5.74, 6) is 7.26. The molecule has 0 bridgehead atoms. The highest BCUT2D eigenvalue weighted by atomic mass is 19.1. The first-order valence-corrected chi connectivity index (χ1v) is 11.2. The highest BCUT2D eigenvalue weighted by molar-refractivity contribution is 5.52. The summed E-state index contributed by atoms with van der Waals surface area (Å²) in [7, 11) is 3.48. The van der Waals surface area contributed by atoms with E-state index in [0.717, 1.165) is 5.56 Å². The zero-order chi connectivity index (χ0) is 24.9. The number of aromatic nitrogens is 8. The maximum atomic E-state index is 13.6. The maximum Gasteiger partial charge on any atom is 0.225 e. The number of anilines is 2. The summed E-state index contributed by atoms with van der Waals surface area (Å²) < 4.78 is 20.7. The van der Waals surface area contributed by atoms with E-state index < -0.39 is 5.95 Å². The standard InChI is InChI=1S/C24H23FN10O/c1-33-13-19(12-32-33)23-26-8-17(9-27-23)3-4-18-10-28-24(29-11-18)34-5-6-35(20(14-34)15-36-2)22-7-21(25)30-16-31-22/h7-13,16,20H,5-6,14-15H2,1-2H3/t20-/m1/s1. The van der Waals surface area contributed by atoms with Gasteiger partial charge in [-0.15, -0.1) is 0 Å². The smallest absolute Gasteiger partial charge is 0.225 e. The number of piperazine rings is 1. The number of methoxy groups -OCH3 is 1. The number of ether oxygens (including phenoxy) is 1. The van der Waals surface area contributed by atoms with Crippen molar-refractivity contribution < 1.29 is 9.13 Å². The Morgan fingerprint density at radius 2 is 1.69 bits per heavy atom. The third kappa shape index (κ3) is 5.26. The Kier molecular flexibility index (Phi) is 6.72. The van der Waals surface area contributed by atoms with Crippen molar-refractivity contribution in [1.29, 1.82) is 0 Å². The van der Waals surface area contributed by atoms with Crippen LogP contribution in [0.2, 0.25) is 0 Å². The van der Waals surface area contributed by atoms with Crippen molar-refractivity contribution in [2.75, 3.05) is 43.2 Å². The molecule has 0 amide bonds. The van der Waals surface area contributed by atoms with Crippen LogP contribution in [0.25, 0.3) is 11.4 Å². The zero-order valence-corrected chi connectivity index (χ0v) is 19.8. The first-order valence-electron chi connectivity index (χ1n) is 11.2. The summed E-state index contributed by atoms with van der Waals surface area (Å²) in [6.07, 6.45) is 11.5. The van der Waals surface area contributed by atoms with Crippen molar-refractivity contribution in [3.05, 3.63) is 66.6 Å². The topological polar surface area (TPSA) is 111 Å². The fourth-order valence-corrected chi connectivity index (χ4v) is 3.93. The van der Waals surface area contributed by atoms with E-state index in [2.05, 4.69) is 51.7 Å². The van der Waals surface area contributed by atoms with Crippen molar-refractivity contribution in [2.45, 2.75) is 6.04 Å². The molecule has 5 rings (SSSR count). The molecule has 1 aliphatic heterocycles. The molecule has 1 aliphatic rings. The van der Waals surface area contributed by atoms with Crippen molar-refractivity contribution in [1.82, 2.24) is 39.7 Å². The van der Waals surface area contributed by atoms with Crippen LogP contribution in [0, 0.1) is 17.8 Å². The summed E-state index contributed by atoms with van der Waals surface area (Å²) in [5.41, 5.74) is 2.21. The zero-order valence-electron chi connectivity index (χ0n) is 19.8. The Bertz CT molecular complexity index is 1380. The molecule has 36 heavy (non-hydrogen) atoms. The largest absolute Gasteiger partial charge is 0.382 e. The minimum Gasteiger partial charge on any atom is -0.382 e. The third-order valence-electron chi connectivity index (χ3n) is 5.64. The highest BCUT2D eigenvalue weighted by Gasteiger charge is 2.29. The van der Waals surface area contributed by atoms with Gasteiger partial charge in [-0.3, -0.25) is 4.68 Å². The van der Waals surface area contributed by atoms with E-state index in [9.17, 15) is 4.39 Å². The van der Waals surface area contributed by atoms with Crippen LogP contribution in [0.4, 0.5) is 16.2 Å². The highest BCUT2D eigenvalue weighted by Crippen LogP contribution is 2.21. The molecule has 182 valence electrons. The van der Waals surface area contributed by atoms with Crippen LogP contribution in [-0.4, -0.2) is 79.1 Å². The second kappa shape index (κ2) is 10.4. The van der Waals surface area contributed by atoms with E-state index in [0.29, 0.717) is 55.0 Å². The summed E-state index contributed by atoms with van der Waals surface area (Å²) >= 11 is 0. The molecule has 0 unspecified atom stereocenters. The lowest BCUT2D eigenvalue weighted by molar-refractivity contribution is 0.173. The van der Waals surface area contributed by atoms with E-state index in [1.165, 1.54) is 12.4 Å². The first kappa shape index (κ1) is 23.3. The SMILES string of the molecule is COC[C@H]1CN(c2ncc(C#Cc3cnc(-c4cnn(C)c4)nc3)cn2)CCN1c1cc(F)ncn1. The van der Waals surface area contributed by atoms with E-state index in [4.69, 9.17) is 4.74 Å². The predicted molar refractivity (Wildman–Crippen MR) is 129 cm³/mol. The van der Waals surface area contributed by atoms with Gasteiger partial charge >= 0.3 is 0 Å². The summed E-state index contributed by atoms with van der Waals surface area (Å²) in [6.45, 7) is 2.32. The van der Waals surface area contributed by atoms with Gasteiger partial charge in [-0.05, 0) is 0 Å². The molecule has 1 fully saturated rings. The Balaban J connectivity index is 1.25. The van der Waals surface area contributed by atoms with Gasteiger partial charge in [0.15, 0.2) is 5.82 Å². The molecule has 12 heteroatoms. The summed E-state index contributed by atoms with van der Waals surface area (Å²) in [6, 6.07) is 1.29. The molecule has 5 heterocycles. The van der Waals surface area contributed by atoms with Crippen molar-refractivity contribution in [3.8, 4) is 23.2 Å². The number of hydrogen-bond acceptors (Lipinski definition) is 10. The monoisotopic (exact) mass is 486 g/mol. The molecule has 0 radical (unpaired) electrons. The molecule has 0 spiro atoms. The molecule has 0 aliphatic carbocycles. The number of aryl methyl sites for hydroxylation is 1. The lowest BCUT2D eigenvalue weighted by Crippen LogP contribution is -2.56. The molecule has 1 saturated heterocycles. The molecule has 0 saturated carbocycles. The van der Waals surface area contributed by atoms with Crippen LogP contribution in [0.5, 0.6) is 0 Å². The molecular weight excluding hydrogens is 463 g/mol. The fourth-order valence-electron chi connectivity index (χ4n) is 3.93. The van der Waals surface area contributed by atoms with Gasteiger partial charge in [0.2, 0.25) is 11.9 Å². The minimum atomic E-state index is -0.561. The summed E-state index contributed by atoms with van der Waals surface area (Å²) in [4.78, 5) is 29.6.